The van der Waals surface area contributed by atoms with Gasteiger partial charge in [0, 0.05) is 24.3 Å². The molecule has 1 aliphatic rings. The molecule has 1 N–H and O–H groups in total. The van der Waals surface area contributed by atoms with Crippen LogP contribution < -0.4 is 24.3 Å². The number of halogens is 3. The molecule has 0 saturated heterocycles. The lowest BCUT2D eigenvalue weighted by molar-refractivity contribution is 0.174. The van der Waals surface area contributed by atoms with Crippen LogP contribution in [0.4, 0.5) is 0 Å². The minimum Gasteiger partial charge on any atom is -0.491 e. The Balaban J connectivity index is 0.00000300. The Bertz CT molecular complexity index is 1500. The lowest BCUT2D eigenvalue weighted by Crippen LogP contribution is -2.40. The van der Waals surface area contributed by atoms with E-state index >= 15 is 0 Å². The highest BCUT2D eigenvalue weighted by atomic mass is 35.5. The van der Waals surface area contributed by atoms with Gasteiger partial charge < -0.3 is 29.2 Å². The lowest BCUT2D eigenvalue weighted by atomic mass is 9.86. The number of hydrogen-bond donors (Lipinski definition) is 1. The van der Waals surface area contributed by atoms with E-state index in [1.54, 1.807) is 13.3 Å². The summed E-state index contributed by atoms with van der Waals surface area (Å²) in [6, 6.07) is 29.5. The van der Waals surface area contributed by atoms with E-state index in [9.17, 15) is 0 Å². The van der Waals surface area contributed by atoms with Gasteiger partial charge in [0.25, 0.3) is 5.88 Å². The smallest absolute Gasteiger partial charge is 0.257 e. The first-order valence-corrected chi connectivity index (χ1v) is 17.8. The second-order valence-corrected chi connectivity index (χ2v) is 12.5. The summed E-state index contributed by atoms with van der Waals surface area (Å²) >= 11 is 0. The highest BCUT2D eigenvalue weighted by Crippen LogP contribution is 2.39. The quantitative estimate of drug-likeness (QED) is 0.0850. The highest BCUT2D eigenvalue weighted by molar-refractivity contribution is 5.86. The molecule has 0 bridgehead atoms. The summed E-state index contributed by atoms with van der Waals surface area (Å²) in [5.74, 6) is 2.98. The van der Waals surface area contributed by atoms with Gasteiger partial charge in [-0.25, -0.2) is 4.98 Å². The average Bonchev–Trinajstić information content (AvgIpc) is 3.14. The molecule has 1 aliphatic carbocycles. The number of unbranched alkanes of at least 4 members (excludes halogenated alkanes) is 3. The number of methoxy groups -OCH3 is 1. The van der Waals surface area contributed by atoms with Crippen molar-refractivity contribution < 1.29 is 18.9 Å². The van der Waals surface area contributed by atoms with Gasteiger partial charge >= 0.3 is 0 Å². The lowest BCUT2D eigenvalue weighted by Gasteiger charge is -2.36. The molecule has 0 saturated carbocycles. The zero-order valence-electron chi connectivity index (χ0n) is 30.1. The molecule has 51 heavy (non-hydrogen) atoms. The number of ether oxygens (including phenoxy) is 4. The molecule has 1 aromatic heterocycles. The van der Waals surface area contributed by atoms with E-state index in [1.807, 2.05) is 24.3 Å². The van der Waals surface area contributed by atoms with Gasteiger partial charge in [-0.3, -0.25) is 0 Å². The van der Waals surface area contributed by atoms with Gasteiger partial charge in [-0.2, -0.15) is 0 Å². The Morgan fingerprint density at radius 1 is 0.725 bits per heavy atom. The van der Waals surface area contributed by atoms with Gasteiger partial charge in [-0.05, 0) is 93.0 Å². The Hall–Kier alpha value is -3.20. The van der Waals surface area contributed by atoms with E-state index in [4.69, 9.17) is 18.9 Å². The van der Waals surface area contributed by atoms with Crippen LogP contribution >= 0.6 is 37.2 Å². The highest BCUT2D eigenvalue weighted by Gasteiger charge is 2.27. The molecule has 0 fully saturated rings. The fourth-order valence-electron chi connectivity index (χ4n) is 6.50. The van der Waals surface area contributed by atoms with Gasteiger partial charge in [0.15, 0.2) is 17.2 Å². The molecule has 3 aromatic carbocycles. The van der Waals surface area contributed by atoms with E-state index in [0.717, 1.165) is 62.5 Å². The number of aromatic nitrogens is 1. The number of pyridine rings is 1. The van der Waals surface area contributed by atoms with Gasteiger partial charge in [-0.15, -0.1) is 37.2 Å². The van der Waals surface area contributed by atoms with Crippen LogP contribution in [-0.2, 0) is 26.1 Å². The van der Waals surface area contributed by atoms with Crippen LogP contribution in [0.2, 0.25) is 0 Å². The topological polar surface area (TPSA) is 65.1 Å². The number of hydrogen-bond acceptors (Lipinski definition) is 7. The van der Waals surface area contributed by atoms with Crippen molar-refractivity contribution >= 4 is 37.2 Å². The fourth-order valence-corrected chi connectivity index (χ4v) is 6.50. The second-order valence-electron chi connectivity index (χ2n) is 12.5. The summed E-state index contributed by atoms with van der Waals surface area (Å²) in [6.45, 7) is 8.06. The summed E-state index contributed by atoms with van der Waals surface area (Å²) in [7, 11) is 1.63. The number of rotatable bonds is 21. The summed E-state index contributed by atoms with van der Waals surface area (Å²) < 4.78 is 24.0. The largest absolute Gasteiger partial charge is 0.491 e. The first kappa shape index (κ1) is 44.0. The molecular weight excluding hydrogens is 705 g/mol. The van der Waals surface area contributed by atoms with E-state index in [2.05, 4.69) is 82.8 Å². The SMILES string of the molecule is CCCN(CCCCCCNCCOc1ncccc1OC)[C@H]1CCc2c(ccc(OCc3ccccc3)c2OCc2ccccc2)C1.Cl.Cl.Cl. The molecule has 1 heterocycles. The fraction of sp³-hybridized carbons (Fsp3) is 0.439. The first-order chi connectivity index (χ1) is 23.7. The Morgan fingerprint density at radius 2 is 1.43 bits per heavy atom. The molecule has 0 amide bonds. The van der Waals surface area contributed by atoms with Crippen LogP contribution in [0.5, 0.6) is 23.1 Å². The second kappa shape index (κ2) is 24.9. The van der Waals surface area contributed by atoms with Crippen LogP contribution in [-0.4, -0.2) is 55.8 Å². The van der Waals surface area contributed by atoms with E-state index < -0.39 is 0 Å². The van der Waals surface area contributed by atoms with Gasteiger partial charge in [0.2, 0.25) is 0 Å². The van der Waals surface area contributed by atoms with Crippen LogP contribution in [0.3, 0.4) is 0 Å². The third-order valence-corrected chi connectivity index (χ3v) is 9.02. The van der Waals surface area contributed by atoms with Crippen molar-refractivity contribution in [3.05, 3.63) is 113 Å². The molecule has 10 heteroatoms. The maximum absolute atomic E-state index is 6.56. The molecule has 5 rings (SSSR count). The van der Waals surface area contributed by atoms with Crippen LogP contribution in [0, 0.1) is 0 Å². The number of benzene rings is 3. The Labute approximate surface area is 324 Å². The zero-order valence-corrected chi connectivity index (χ0v) is 32.5. The number of nitrogens with one attached hydrogen (secondary N) is 1. The zero-order chi connectivity index (χ0) is 33.2. The minimum atomic E-state index is 0. The van der Waals surface area contributed by atoms with Crippen molar-refractivity contribution in [1.29, 1.82) is 0 Å². The van der Waals surface area contributed by atoms with E-state index in [1.165, 1.54) is 48.8 Å². The predicted octanol–water partition coefficient (Wildman–Crippen LogP) is 9.31. The molecule has 0 aliphatic heterocycles. The summed E-state index contributed by atoms with van der Waals surface area (Å²) in [5.41, 5.74) is 5.04. The molecule has 1 atom stereocenters. The molecule has 7 nitrogen and oxygen atoms in total. The molecule has 4 aromatic rings. The third kappa shape index (κ3) is 14.0. The number of fused-ring (bicyclic) bond motifs is 1. The van der Waals surface area contributed by atoms with Crippen LogP contribution in [0.1, 0.15) is 67.7 Å². The third-order valence-electron chi connectivity index (χ3n) is 9.02. The molecule has 0 radical (unpaired) electrons. The predicted molar refractivity (Wildman–Crippen MR) is 215 cm³/mol. The standard InChI is InChI=1S/C41H53N3O4.3ClH/c1-3-27-44(28-13-5-4-12-24-42-26-29-46-41-39(45-2)19-14-25-43-41)36-21-22-37-35(30-36)20-23-38(47-31-33-15-8-6-9-16-33)40(37)48-32-34-17-10-7-11-18-34;;;/h6-11,14-20,23,25,36,42H,3-5,12-13,21-22,24,26-32H2,1-2H3;3*1H/t36-;;;/m0.../s1. The van der Waals surface area contributed by atoms with E-state index in [-0.39, 0.29) is 37.2 Å². The monoisotopic (exact) mass is 759 g/mol. The molecule has 0 spiro atoms. The Morgan fingerprint density at radius 3 is 2.14 bits per heavy atom. The van der Waals surface area contributed by atoms with Gasteiger partial charge in [0.05, 0.1) is 7.11 Å². The van der Waals surface area contributed by atoms with Crippen molar-refractivity contribution in [2.24, 2.45) is 0 Å². The minimum absolute atomic E-state index is 0. The van der Waals surface area contributed by atoms with Gasteiger partial charge in [0.1, 0.15) is 19.8 Å². The summed E-state index contributed by atoms with van der Waals surface area (Å²) in [4.78, 5) is 6.99. The van der Waals surface area contributed by atoms with Crippen molar-refractivity contribution in [2.45, 2.75) is 77.5 Å². The van der Waals surface area contributed by atoms with E-state index in [0.29, 0.717) is 37.5 Å². The van der Waals surface area contributed by atoms with Crippen molar-refractivity contribution in [3.8, 4) is 23.1 Å². The first-order valence-electron chi connectivity index (χ1n) is 17.8. The van der Waals surface area contributed by atoms with Crippen LogP contribution in [0.15, 0.2) is 91.1 Å². The number of nitrogens with zero attached hydrogens (tertiary/aromatic N) is 2. The maximum Gasteiger partial charge on any atom is 0.257 e. The van der Waals surface area contributed by atoms with Crippen LogP contribution in [0.25, 0.3) is 0 Å². The molecule has 280 valence electrons. The summed E-state index contributed by atoms with van der Waals surface area (Å²) in [5, 5.41) is 3.49. The maximum atomic E-state index is 6.56. The Kier molecular flexibility index (Phi) is 21.5. The van der Waals surface area contributed by atoms with Crippen molar-refractivity contribution in [3.63, 3.8) is 0 Å². The molecule has 0 unspecified atom stereocenters. The molecular formula is C41H56Cl3N3O4. The average molecular weight is 761 g/mol. The normalized spacial score (nSPS) is 13.2. The summed E-state index contributed by atoms with van der Waals surface area (Å²) in [6.07, 6.45) is 11.0. The van der Waals surface area contributed by atoms with Gasteiger partial charge in [-0.1, -0.05) is 86.5 Å². The van der Waals surface area contributed by atoms with Crippen molar-refractivity contribution in [1.82, 2.24) is 15.2 Å². The van der Waals surface area contributed by atoms with Crippen molar-refractivity contribution in [2.75, 3.05) is 39.9 Å².